The average Bonchev–Trinajstić information content (AvgIpc) is 2.92. The predicted molar refractivity (Wildman–Crippen MR) is 126 cm³/mol. The number of nitrogens with zero attached hydrogens (tertiary/aromatic N) is 3. The monoisotopic (exact) mass is 509 g/mol. The van der Waals surface area contributed by atoms with Gasteiger partial charge >= 0.3 is 18.3 Å². The van der Waals surface area contributed by atoms with Crippen LogP contribution in [0.25, 0.3) is 0 Å². The van der Waals surface area contributed by atoms with Gasteiger partial charge in [-0.25, -0.2) is 14.5 Å². The molecule has 1 saturated heterocycles. The second-order valence-electron chi connectivity index (χ2n) is 9.54. The molecule has 0 unspecified atom stereocenters. The molecule has 2 N–H and O–H groups in total. The molecule has 2 rings (SSSR count). The maximum atomic E-state index is 13.4. The molecular formula is C24H30F3N5O4. The zero-order chi connectivity index (χ0) is 27.3. The predicted octanol–water partition coefficient (Wildman–Crippen LogP) is 3.79. The zero-order valence-electron chi connectivity index (χ0n) is 20.8. The molecule has 196 valence electrons. The number of hydrogen-bond acceptors (Lipinski definition) is 6. The summed E-state index contributed by atoms with van der Waals surface area (Å²) in [6.45, 7) is 9.58. The maximum absolute atomic E-state index is 13.4. The second kappa shape index (κ2) is 11.0. The number of nitriles is 1. The van der Waals surface area contributed by atoms with Crippen molar-refractivity contribution < 1.29 is 32.3 Å². The Morgan fingerprint density at radius 2 is 1.83 bits per heavy atom. The molecular weight excluding hydrogens is 479 g/mol. The molecule has 1 fully saturated rings. The van der Waals surface area contributed by atoms with Crippen molar-refractivity contribution in [1.29, 1.82) is 5.26 Å². The summed E-state index contributed by atoms with van der Waals surface area (Å²) in [6, 6.07) is 3.44. The van der Waals surface area contributed by atoms with Gasteiger partial charge in [0, 0.05) is 26.2 Å². The number of nitrogens with one attached hydrogen (secondary N) is 2. The average molecular weight is 510 g/mol. The van der Waals surface area contributed by atoms with Crippen LogP contribution in [0, 0.1) is 11.3 Å². The molecule has 0 radical (unpaired) electrons. The van der Waals surface area contributed by atoms with E-state index in [4.69, 9.17) is 10.00 Å². The third-order valence-corrected chi connectivity index (χ3v) is 5.20. The number of imide groups is 1. The highest BCUT2D eigenvalue weighted by Gasteiger charge is 2.51. The molecule has 1 aromatic carbocycles. The Kier molecular flexibility index (Phi) is 8.75. The van der Waals surface area contributed by atoms with Gasteiger partial charge in [-0.15, -0.1) is 0 Å². The molecule has 0 spiro atoms. The number of halogens is 3. The number of rotatable bonds is 8. The molecule has 0 atom stereocenters. The van der Waals surface area contributed by atoms with Crippen LogP contribution in [0.15, 0.2) is 30.4 Å². The lowest BCUT2D eigenvalue weighted by molar-refractivity contribution is -0.137. The normalized spacial score (nSPS) is 16.0. The highest BCUT2D eigenvalue weighted by atomic mass is 19.4. The summed E-state index contributed by atoms with van der Waals surface area (Å²) >= 11 is 0. The fourth-order valence-corrected chi connectivity index (χ4v) is 3.39. The summed E-state index contributed by atoms with van der Waals surface area (Å²) in [5, 5.41) is 14.6. The molecule has 0 saturated carbocycles. The SMILES string of the molecule is CC(C)(C)OC(=O)NCCNC/C=C/CN1C(=O)N(c2ccc(C#N)c(C(F)(F)F)c2)C(=O)C1(C)C. The minimum atomic E-state index is -4.82. The van der Waals surface area contributed by atoms with Crippen molar-refractivity contribution in [3.63, 3.8) is 0 Å². The van der Waals surface area contributed by atoms with E-state index in [1.54, 1.807) is 32.9 Å². The minimum Gasteiger partial charge on any atom is -0.444 e. The zero-order valence-corrected chi connectivity index (χ0v) is 20.8. The van der Waals surface area contributed by atoms with Crippen molar-refractivity contribution >= 4 is 23.7 Å². The Labute approximate surface area is 207 Å². The van der Waals surface area contributed by atoms with Gasteiger partial charge in [0.2, 0.25) is 0 Å². The number of anilines is 1. The number of hydrogen-bond donors (Lipinski definition) is 2. The summed E-state index contributed by atoms with van der Waals surface area (Å²) in [5.41, 5.74) is -3.95. The summed E-state index contributed by atoms with van der Waals surface area (Å²) in [5.74, 6) is -0.676. The smallest absolute Gasteiger partial charge is 0.417 e. The number of urea groups is 1. The topological polar surface area (TPSA) is 115 Å². The van der Waals surface area contributed by atoms with E-state index in [1.165, 1.54) is 24.8 Å². The van der Waals surface area contributed by atoms with Crippen LogP contribution in [-0.4, -0.2) is 60.3 Å². The highest BCUT2D eigenvalue weighted by Crippen LogP contribution is 2.37. The maximum Gasteiger partial charge on any atom is 0.417 e. The first-order valence-electron chi connectivity index (χ1n) is 11.2. The fourth-order valence-electron chi connectivity index (χ4n) is 3.39. The van der Waals surface area contributed by atoms with E-state index in [2.05, 4.69) is 10.6 Å². The van der Waals surface area contributed by atoms with Crippen LogP contribution >= 0.6 is 0 Å². The third kappa shape index (κ3) is 6.97. The molecule has 36 heavy (non-hydrogen) atoms. The van der Waals surface area contributed by atoms with Gasteiger partial charge < -0.3 is 20.3 Å². The van der Waals surface area contributed by atoms with Crippen LogP contribution in [0.5, 0.6) is 0 Å². The van der Waals surface area contributed by atoms with Crippen molar-refractivity contribution in [2.24, 2.45) is 0 Å². The van der Waals surface area contributed by atoms with Gasteiger partial charge in [-0.3, -0.25) is 4.79 Å². The standard InChI is InChI=1S/C24H30F3N5O4/c1-22(2,3)36-20(34)30-12-11-29-10-6-7-13-31-21(35)32(19(33)23(31,4)5)17-9-8-16(15-28)18(14-17)24(25,26)27/h6-9,14,29H,10-13H2,1-5H3,(H,30,34)/b7-6+. The van der Waals surface area contributed by atoms with Gasteiger partial charge in [0.05, 0.1) is 22.9 Å². The second-order valence-corrected chi connectivity index (χ2v) is 9.54. The van der Waals surface area contributed by atoms with E-state index in [9.17, 15) is 27.6 Å². The van der Waals surface area contributed by atoms with Crippen molar-refractivity contribution in [2.45, 2.75) is 51.9 Å². The first-order chi connectivity index (χ1) is 16.6. The number of alkyl carbamates (subject to hydrolysis) is 1. The number of benzene rings is 1. The molecule has 1 aliphatic heterocycles. The first-order valence-corrected chi connectivity index (χ1v) is 11.2. The van der Waals surface area contributed by atoms with Gasteiger partial charge in [0.25, 0.3) is 5.91 Å². The van der Waals surface area contributed by atoms with E-state index < -0.39 is 46.5 Å². The number of carbonyl (C=O) groups excluding carboxylic acids is 3. The van der Waals surface area contributed by atoms with Gasteiger partial charge in [0.15, 0.2) is 0 Å². The Balaban J connectivity index is 1.98. The summed E-state index contributed by atoms with van der Waals surface area (Å²) < 4.78 is 45.2. The molecule has 12 heteroatoms. The molecule has 9 nitrogen and oxygen atoms in total. The summed E-state index contributed by atoms with van der Waals surface area (Å²) in [6.07, 6.45) is -1.95. The van der Waals surface area contributed by atoms with Crippen LogP contribution < -0.4 is 15.5 Å². The Bertz CT molecular complexity index is 1070. The van der Waals surface area contributed by atoms with E-state index >= 15 is 0 Å². The van der Waals surface area contributed by atoms with Gasteiger partial charge in [0.1, 0.15) is 11.1 Å². The first kappa shape index (κ1) is 28.6. The van der Waals surface area contributed by atoms with Crippen LogP contribution in [0.2, 0.25) is 0 Å². The lowest BCUT2D eigenvalue weighted by Gasteiger charge is -2.26. The van der Waals surface area contributed by atoms with Crippen LogP contribution in [-0.2, 0) is 15.7 Å². The van der Waals surface area contributed by atoms with E-state index in [-0.39, 0.29) is 12.2 Å². The fraction of sp³-hybridized carbons (Fsp3) is 0.500. The molecule has 0 bridgehead atoms. The van der Waals surface area contributed by atoms with Gasteiger partial charge in [-0.05, 0) is 52.8 Å². The van der Waals surface area contributed by atoms with E-state index in [1.807, 2.05) is 0 Å². The number of alkyl halides is 3. The van der Waals surface area contributed by atoms with Crippen molar-refractivity contribution in [3.05, 3.63) is 41.5 Å². The molecule has 1 heterocycles. The van der Waals surface area contributed by atoms with Crippen LogP contribution in [0.4, 0.5) is 28.4 Å². The third-order valence-electron chi connectivity index (χ3n) is 5.20. The highest BCUT2D eigenvalue weighted by molar-refractivity contribution is 6.23. The molecule has 1 aliphatic rings. The van der Waals surface area contributed by atoms with E-state index in [0.29, 0.717) is 30.6 Å². The molecule has 4 amide bonds. The molecule has 1 aromatic rings. The molecule has 0 aromatic heterocycles. The number of ether oxygens (including phenoxy) is 1. The number of amides is 4. The lowest BCUT2D eigenvalue weighted by Crippen LogP contribution is -2.44. The van der Waals surface area contributed by atoms with E-state index in [0.717, 1.165) is 12.1 Å². The van der Waals surface area contributed by atoms with Gasteiger partial charge in [-0.2, -0.15) is 18.4 Å². The Morgan fingerprint density at radius 1 is 1.17 bits per heavy atom. The Morgan fingerprint density at radius 3 is 2.42 bits per heavy atom. The molecule has 0 aliphatic carbocycles. The Hall–Kier alpha value is -3.59. The van der Waals surface area contributed by atoms with Crippen molar-refractivity contribution in [1.82, 2.24) is 15.5 Å². The van der Waals surface area contributed by atoms with Crippen molar-refractivity contribution in [3.8, 4) is 6.07 Å². The summed E-state index contributed by atoms with van der Waals surface area (Å²) in [7, 11) is 0. The largest absolute Gasteiger partial charge is 0.444 e. The minimum absolute atomic E-state index is 0.0499. The summed E-state index contributed by atoms with van der Waals surface area (Å²) in [4.78, 5) is 39.5. The van der Waals surface area contributed by atoms with Crippen molar-refractivity contribution in [2.75, 3.05) is 31.1 Å². The van der Waals surface area contributed by atoms with Gasteiger partial charge in [-0.1, -0.05) is 12.2 Å². The van der Waals surface area contributed by atoms with Crippen LogP contribution in [0.1, 0.15) is 45.7 Å². The van der Waals surface area contributed by atoms with Crippen LogP contribution in [0.3, 0.4) is 0 Å². The quantitative estimate of drug-likeness (QED) is 0.313. The lowest BCUT2D eigenvalue weighted by atomic mass is 10.0. The number of carbonyl (C=O) groups is 3.